The number of hydrogen-bond donors (Lipinski definition) is 2. The topological polar surface area (TPSA) is 66.9 Å². The predicted molar refractivity (Wildman–Crippen MR) is 107 cm³/mol. The van der Waals surface area contributed by atoms with Gasteiger partial charge in [-0.25, -0.2) is 0 Å². The number of aromatic nitrogens is 2. The second-order valence-electron chi connectivity index (χ2n) is 7.48. The van der Waals surface area contributed by atoms with Crippen LogP contribution in [0.25, 0.3) is 10.9 Å². The van der Waals surface area contributed by atoms with Crippen LogP contribution in [-0.4, -0.2) is 21.5 Å². The molecule has 0 radical (unpaired) electrons. The lowest BCUT2D eigenvalue weighted by molar-refractivity contribution is -0.122. The Balaban J connectivity index is 1.60. The van der Waals surface area contributed by atoms with Gasteiger partial charge in [-0.2, -0.15) is 0 Å². The molecule has 1 aliphatic rings. The first-order valence-electron chi connectivity index (χ1n) is 9.48. The molecule has 6 heteroatoms. The minimum Gasteiger partial charge on any atom is -0.353 e. The van der Waals surface area contributed by atoms with Gasteiger partial charge in [0.05, 0.1) is 10.9 Å². The van der Waals surface area contributed by atoms with Crippen molar-refractivity contribution >= 4 is 29.0 Å². The van der Waals surface area contributed by atoms with Crippen molar-refractivity contribution in [3.05, 3.63) is 39.4 Å². The highest BCUT2D eigenvalue weighted by atomic mass is 32.1. The standard InChI is InChI=1S/C20H27N3O2S/c1-13-7-5-10-16(14(13)2)21-18(24)11-6-12-23-19(25)15-8-3-4-9-17(15)22-20(23)26/h3-4,8-9,13-14,16H,5-7,10-12H2,1-2H3,(H,21,24)(H,22,26)/t13-,14-,16+/m1/s1. The van der Waals surface area contributed by atoms with Gasteiger partial charge in [-0.05, 0) is 49.0 Å². The van der Waals surface area contributed by atoms with Gasteiger partial charge in [-0.3, -0.25) is 14.2 Å². The van der Waals surface area contributed by atoms with Gasteiger partial charge < -0.3 is 10.3 Å². The molecule has 5 nitrogen and oxygen atoms in total. The number of carbonyl (C=O) groups excluding carboxylic acids is 1. The number of para-hydroxylation sites is 1. The van der Waals surface area contributed by atoms with Crippen molar-refractivity contribution in [3.8, 4) is 0 Å². The highest BCUT2D eigenvalue weighted by molar-refractivity contribution is 7.71. The SMILES string of the molecule is C[C@@H]1[C@H](C)CCC[C@@H]1NC(=O)CCCn1c(=S)[nH]c2ccccc2c1=O. The fraction of sp³-hybridized carbons (Fsp3) is 0.550. The smallest absolute Gasteiger partial charge is 0.262 e. The van der Waals surface area contributed by atoms with Crippen molar-refractivity contribution in [2.24, 2.45) is 11.8 Å². The van der Waals surface area contributed by atoms with Crippen LogP contribution in [0.15, 0.2) is 29.1 Å². The normalized spacial score (nSPS) is 23.1. The molecule has 0 spiro atoms. The molecular formula is C20H27N3O2S. The lowest BCUT2D eigenvalue weighted by Crippen LogP contribution is -2.43. The summed E-state index contributed by atoms with van der Waals surface area (Å²) in [4.78, 5) is 28.0. The summed E-state index contributed by atoms with van der Waals surface area (Å²) in [6, 6.07) is 7.62. The summed E-state index contributed by atoms with van der Waals surface area (Å²) < 4.78 is 1.96. The Morgan fingerprint density at radius 3 is 2.88 bits per heavy atom. The van der Waals surface area contributed by atoms with E-state index in [9.17, 15) is 9.59 Å². The Kier molecular flexibility index (Phi) is 5.91. The second-order valence-corrected chi connectivity index (χ2v) is 7.86. The number of amides is 1. The van der Waals surface area contributed by atoms with Crippen molar-refractivity contribution in [2.75, 3.05) is 0 Å². The first kappa shape index (κ1) is 18.8. The highest BCUT2D eigenvalue weighted by Gasteiger charge is 2.27. The van der Waals surface area contributed by atoms with Crippen LogP contribution < -0.4 is 10.9 Å². The minimum atomic E-state index is -0.0977. The molecule has 1 amide bonds. The maximum absolute atomic E-state index is 12.6. The summed E-state index contributed by atoms with van der Waals surface area (Å²) in [6.07, 6.45) is 4.49. The number of nitrogens with one attached hydrogen (secondary N) is 2. The van der Waals surface area contributed by atoms with Gasteiger partial charge in [0.1, 0.15) is 0 Å². The third kappa shape index (κ3) is 4.06. The number of nitrogens with zero attached hydrogens (tertiary/aromatic N) is 1. The van der Waals surface area contributed by atoms with Crippen molar-refractivity contribution in [1.29, 1.82) is 0 Å². The van der Waals surface area contributed by atoms with E-state index in [0.717, 1.165) is 11.9 Å². The molecule has 1 aliphatic carbocycles. The average Bonchev–Trinajstić information content (AvgIpc) is 2.62. The summed E-state index contributed by atoms with van der Waals surface area (Å²) in [5.74, 6) is 1.24. The van der Waals surface area contributed by atoms with Gasteiger partial charge in [0, 0.05) is 19.0 Å². The molecule has 1 aromatic heterocycles. The lowest BCUT2D eigenvalue weighted by atomic mass is 9.78. The Morgan fingerprint density at radius 2 is 2.08 bits per heavy atom. The van der Waals surface area contributed by atoms with E-state index in [1.54, 1.807) is 10.6 Å². The Labute approximate surface area is 158 Å². The number of hydrogen-bond acceptors (Lipinski definition) is 3. The molecule has 2 aromatic rings. The van der Waals surface area contributed by atoms with Crippen LogP contribution >= 0.6 is 12.2 Å². The summed E-state index contributed by atoms with van der Waals surface area (Å²) >= 11 is 5.31. The molecule has 26 heavy (non-hydrogen) atoms. The predicted octanol–water partition coefficient (Wildman–Crippen LogP) is 3.78. The van der Waals surface area contributed by atoms with Gasteiger partial charge in [0.15, 0.2) is 4.77 Å². The van der Waals surface area contributed by atoms with Crippen LogP contribution in [0.5, 0.6) is 0 Å². The number of H-pyrrole nitrogens is 1. The van der Waals surface area contributed by atoms with Gasteiger partial charge in [-0.15, -0.1) is 0 Å². The molecule has 3 rings (SSSR count). The van der Waals surface area contributed by atoms with Crippen LogP contribution in [0.2, 0.25) is 0 Å². The number of aromatic amines is 1. The molecule has 1 saturated carbocycles. The van der Waals surface area contributed by atoms with Gasteiger partial charge >= 0.3 is 0 Å². The molecule has 2 N–H and O–H groups in total. The fourth-order valence-electron chi connectivity index (χ4n) is 3.86. The largest absolute Gasteiger partial charge is 0.353 e. The number of benzene rings is 1. The van der Waals surface area contributed by atoms with E-state index in [1.165, 1.54) is 12.8 Å². The van der Waals surface area contributed by atoms with Crippen LogP contribution in [0.3, 0.4) is 0 Å². The third-order valence-corrected chi connectivity index (χ3v) is 6.05. The monoisotopic (exact) mass is 373 g/mol. The van der Waals surface area contributed by atoms with Gasteiger partial charge in [0.25, 0.3) is 5.56 Å². The summed E-state index contributed by atoms with van der Waals surface area (Å²) in [5.41, 5.74) is 0.649. The van der Waals surface area contributed by atoms with Gasteiger partial charge in [-0.1, -0.05) is 38.8 Å². The Hall–Kier alpha value is -1.95. The maximum atomic E-state index is 12.6. The van der Waals surface area contributed by atoms with Crippen molar-refractivity contribution in [2.45, 2.75) is 58.5 Å². The Morgan fingerprint density at radius 1 is 1.31 bits per heavy atom. The maximum Gasteiger partial charge on any atom is 0.262 e. The van der Waals surface area contributed by atoms with Gasteiger partial charge in [0.2, 0.25) is 5.91 Å². The molecule has 0 bridgehead atoms. The zero-order valence-electron chi connectivity index (χ0n) is 15.5. The molecule has 140 valence electrons. The van der Waals surface area contributed by atoms with Crippen molar-refractivity contribution < 1.29 is 4.79 Å². The zero-order chi connectivity index (χ0) is 18.7. The molecule has 1 heterocycles. The molecular weight excluding hydrogens is 346 g/mol. The van der Waals surface area contributed by atoms with E-state index in [4.69, 9.17) is 12.2 Å². The highest BCUT2D eigenvalue weighted by Crippen LogP contribution is 2.29. The minimum absolute atomic E-state index is 0.0692. The summed E-state index contributed by atoms with van der Waals surface area (Å²) in [7, 11) is 0. The lowest BCUT2D eigenvalue weighted by Gasteiger charge is -2.34. The van der Waals surface area contributed by atoms with E-state index in [-0.39, 0.29) is 17.5 Å². The molecule has 0 aliphatic heterocycles. The third-order valence-electron chi connectivity index (χ3n) is 5.73. The summed E-state index contributed by atoms with van der Waals surface area (Å²) in [6.45, 7) is 4.93. The van der Waals surface area contributed by atoms with Crippen LogP contribution in [0, 0.1) is 16.6 Å². The quantitative estimate of drug-likeness (QED) is 0.784. The second kappa shape index (κ2) is 8.16. The molecule has 3 atom stereocenters. The van der Waals surface area contributed by atoms with Crippen LogP contribution in [0.1, 0.15) is 46.0 Å². The van der Waals surface area contributed by atoms with E-state index in [1.807, 2.05) is 18.2 Å². The van der Waals surface area contributed by atoms with Crippen molar-refractivity contribution in [1.82, 2.24) is 14.9 Å². The molecule has 0 unspecified atom stereocenters. The van der Waals surface area contributed by atoms with E-state index >= 15 is 0 Å². The first-order chi connectivity index (χ1) is 12.5. The molecule has 1 aromatic carbocycles. The van der Waals surface area contributed by atoms with Crippen LogP contribution in [-0.2, 0) is 11.3 Å². The molecule has 1 fully saturated rings. The average molecular weight is 374 g/mol. The zero-order valence-corrected chi connectivity index (χ0v) is 16.3. The number of rotatable bonds is 5. The van der Waals surface area contributed by atoms with E-state index in [2.05, 4.69) is 24.1 Å². The fourth-order valence-corrected chi connectivity index (χ4v) is 4.15. The van der Waals surface area contributed by atoms with Crippen LogP contribution in [0.4, 0.5) is 0 Å². The Bertz CT molecular complexity index is 902. The number of carbonyl (C=O) groups is 1. The van der Waals surface area contributed by atoms with E-state index in [0.29, 0.717) is 41.4 Å². The first-order valence-corrected chi connectivity index (χ1v) is 9.89. The number of fused-ring (bicyclic) bond motifs is 1. The molecule has 0 saturated heterocycles. The summed E-state index contributed by atoms with van der Waals surface area (Å²) in [5, 5.41) is 3.80. The van der Waals surface area contributed by atoms with E-state index < -0.39 is 0 Å². The van der Waals surface area contributed by atoms with Crippen molar-refractivity contribution in [3.63, 3.8) is 0 Å².